The predicted molar refractivity (Wildman–Crippen MR) is 121 cm³/mol. The molecule has 2 aromatic heterocycles. The number of carbonyl (C=O) groups excluding carboxylic acids is 1. The molecule has 1 N–H and O–H groups in total. The Bertz CT molecular complexity index is 1190. The van der Waals surface area contributed by atoms with E-state index in [1.54, 1.807) is 6.92 Å². The molecule has 0 bridgehead atoms. The summed E-state index contributed by atoms with van der Waals surface area (Å²) in [6.07, 6.45) is 1.51. The van der Waals surface area contributed by atoms with Crippen molar-refractivity contribution in [3.63, 3.8) is 0 Å². The van der Waals surface area contributed by atoms with Gasteiger partial charge in [0.05, 0.1) is 12.3 Å². The van der Waals surface area contributed by atoms with Gasteiger partial charge in [0.15, 0.2) is 5.65 Å². The maximum atomic E-state index is 12.5. The number of aromatic nitrogens is 2. The van der Waals surface area contributed by atoms with Crippen LogP contribution in [0.5, 0.6) is 5.75 Å². The van der Waals surface area contributed by atoms with Crippen LogP contribution in [0.4, 0.5) is 11.4 Å². The number of esters is 1. The van der Waals surface area contributed by atoms with E-state index in [-0.39, 0.29) is 6.61 Å². The third kappa shape index (κ3) is 4.80. The van der Waals surface area contributed by atoms with Crippen LogP contribution >= 0.6 is 0 Å². The average Bonchev–Trinajstić information content (AvgIpc) is 2.79. The lowest BCUT2D eigenvalue weighted by molar-refractivity contribution is 0.0527. The van der Waals surface area contributed by atoms with Gasteiger partial charge in [0.25, 0.3) is 0 Å². The van der Waals surface area contributed by atoms with Crippen LogP contribution in [0.25, 0.3) is 11.0 Å². The topological polar surface area (TPSA) is 73.3 Å². The Labute approximate surface area is 180 Å². The van der Waals surface area contributed by atoms with Crippen molar-refractivity contribution in [1.29, 1.82) is 0 Å². The van der Waals surface area contributed by atoms with Crippen molar-refractivity contribution in [2.24, 2.45) is 0 Å². The number of hydrogen-bond donors (Lipinski definition) is 1. The number of carbonyl (C=O) groups is 1. The molecule has 0 saturated carbocycles. The second kappa shape index (κ2) is 9.26. The van der Waals surface area contributed by atoms with E-state index in [1.165, 1.54) is 6.20 Å². The Kier molecular flexibility index (Phi) is 6.08. The minimum absolute atomic E-state index is 0.288. The van der Waals surface area contributed by atoms with Crippen molar-refractivity contribution in [3.05, 3.63) is 89.7 Å². The van der Waals surface area contributed by atoms with Crippen LogP contribution in [-0.4, -0.2) is 22.5 Å². The van der Waals surface area contributed by atoms with Crippen molar-refractivity contribution in [2.45, 2.75) is 20.5 Å². The van der Waals surface area contributed by atoms with E-state index in [4.69, 9.17) is 9.47 Å². The highest BCUT2D eigenvalue weighted by Crippen LogP contribution is 2.30. The lowest BCUT2D eigenvalue weighted by atomic mass is 10.1. The number of anilines is 2. The first kappa shape index (κ1) is 20.3. The van der Waals surface area contributed by atoms with E-state index < -0.39 is 5.97 Å². The lowest BCUT2D eigenvalue weighted by Gasteiger charge is -2.14. The van der Waals surface area contributed by atoms with E-state index in [0.29, 0.717) is 23.5 Å². The van der Waals surface area contributed by atoms with Crippen LogP contribution in [-0.2, 0) is 11.3 Å². The molecule has 0 unspecified atom stereocenters. The number of nitrogens with one attached hydrogen (secondary N) is 1. The smallest absolute Gasteiger partial charge is 0.341 e. The summed E-state index contributed by atoms with van der Waals surface area (Å²) in [5, 5.41) is 4.09. The number of ether oxygens (including phenoxy) is 2. The number of fused-ring (bicyclic) bond motifs is 1. The first-order chi connectivity index (χ1) is 15.1. The molecule has 0 aliphatic carbocycles. The van der Waals surface area contributed by atoms with Crippen molar-refractivity contribution in [2.75, 3.05) is 11.9 Å². The summed E-state index contributed by atoms with van der Waals surface area (Å²) in [5.74, 6) is 0.333. The van der Waals surface area contributed by atoms with Gasteiger partial charge < -0.3 is 14.8 Å². The Hall–Kier alpha value is -3.93. The molecule has 0 spiro atoms. The second-order valence-corrected chi connectivity index (χ2v) is 7.01. The summed E-state index contributed by atoms with van der Waals surface area (Å²) in [7, 11) is 0. The molecule has 0 saturated heterocycles. The molecule has 2 heterocycles. The Morgan fingerprint density at radius 1 is 1.00 bits per heavy atom. The van der Waals surface area contributed by atoms with Crippen molar-refractivity contribution >= 4 is 28.4 Å². The third-order valence-corrected chi connectivity index (χ3v) is 4.74. The Balaban J connectivity index is 1.59. The molecule has 0 aliphatic heterocycles. The summed E-state index contributed by atoms with van der Waals surface area (Å²) < 4.78 is 11.1. The second-order valence-electron chi connectivity index (χ2n) is 7.01. The maximum absolute atomic E-state index is 12.5. The molecule has 0 fully saturated rings. The molecule has 0 aliphatic rings. The monoisotopic (exact) mass is 413 g/mol. The highest BCUT2D eigenvalue weighted by atomic mass is 16.5. The van der Waals surface area contributed by atoms with Gasteiger partial charge in [0, 0.05) is 23.0 Å². The van der Waals surface area contributed by atoms with Crippen molar-refractivity contribution in [3.8, 4) is 5.75 Å². The van der Waals surface area contributed by atoms with Gasteiger partial charge in [-0.3, -0.25) is 0 Å². The number of pyridine rings is 2. The van der Waals surface area contributed by atoms with Crippen LogP contribution < -0.4 is 10.1 Å². The summed E-state index contributed by atoms with van der Waals surface area (Å²) in [5.41, 5.74) is 4.33. The van der Waals surface area contributed by atoms with E-state index >= 15 is 0 Å². The maximum Gasteiger partial charge on any atom is 0.341 e. The average molecular weight is 413 g/mol. The van der Waals surface area contributed by atoms with E-state index in [2.05, 4.69) is 15.3 Å². The predicted octanol–water partition coefficient (Wildman–Crippen LogP) is 5.44. The van der Waals surface area contributed by atoms with Crippen LogP contribution in [0.1, 0.15) is 28.5 Å². The normalized spacial score (nSPS) is 10.6. The molecule has 156 valence electrons. The van der Waals surface area contributed by atoms with Gasteiger partial charge >= 0.3 is 5.97 Å². The van der Waals surface area contributed by atoms with Crippen LogP contribution in [0, 0.1) is 6.92 Å². The Morgan fingerprint density at radius 2 is 1.77 bits per heavy atom. The van der Waals surface area contributed by atoms with E-state index in [1.807, 2.05) is 73.7 Å². The summed E-state index contributed by atoms with van der Waals surface area (Å²) in [6.45, 7) is 4.47. The standard InChI is InChI=1S/C25H23N3O3/c1-3-30-25(29)22-15-26-24-21(14-9-17(2)27-24)23(22)28-19-10-12-20(13-11-19)31-16-18-7-5-4-6-8-18/h4-15H,3,16H2,1-2H3,(H,26,27,28). The Morgan fingerprint density at radius 3 is 2.52 bits per heavy atom. The zero-order chi connectivity index (χ0) is 21.6. The summed E-state index contributed by atoms with van der Waals surface area (Å²) in [6, 6.07) is 21.4. The molecule has 4 aromatic rings. The lowest BCUT2D eigenvalue weighted by Crippen LogP contribution is -2.09. The van der Waals surface area contributed by atoms with Crippen LogP contribution in [0.2, 0.25) is 0 Å². The molecule has 0 radical (unpaired) electrons. The van der Waals surface area contributed by atoms with Crippen LogP contribution in [0.15, 0.2) is 72.9 Å². The number of nitrogens with zero attached hydrogens (tertiary/aromatic N) is 2. The fourth-order valence-corrected chi connectivity index (χ4v) is 3.19. The van der Waals surface area contributed by atoms with Crippen molar-refractivity contribution < 1.29 is 14.3 Å². The fraction of sp³-hybridized carbons (Fsp3) is 0.160. The fourth-order valence-electron chi connectivity index (χ4n) is 3.19. The van der Waals surface area contributed by atoms with Gasteiger partial charge in [0.2, 0.25) is 0 Å². The largest absolute Gasteiger partial charge is 0.489 e. The minimum Gasteiger partial charge on any atom is -0.489 e. The minimum atomic E-state index is -0.428. The quantitative estimate of drug-likeness (QED) is 0.407. The number of benzene rings is 2. The van der Waals surface area contributed by atoms with E-state index in [9.17, 15) is 4.79 Å². The van der Waals surface area contributed by atoms with Gasteiger partial charge in [0.1, 0.15) is 17.9 Å². The molecule has 2 aromatic carbocycles. The van der Waals surface area contributed by atoms with Crippen LogP contribution in [0.3, 0.4) is 0 Å². The van der Waals surface area contributed by atoms with Gasteiger partial charge in [-0.2, -0.15) is 0 Å². The molecule has 31 heavy (non-hydrogen) atoms. The summed E-state index contributed by atoms with van der Waals surface area (Å²) in [4.78, 5) is 21.3. The molecular weight excluding hydrogens is 390 g/mol. The van der Waals surface area contributed by atoms with Gasteiger partial charge in [-0.15, -0.1) is 0 Å². The molecule has 6 nitrogen and oxygen atoms in total. The van der Waals surface area contributed by atoms with Gasteiger partial charge in [-0.25, -0.2) is 14.8 Å². The SMILES string of the molecule is CCOC(=O)c1cnc2nc(C)ccc2c1Nc1ccc(OCc2ccccc2)cc1. The zero-order valence-corrected chi connectivity index (χ0v) is 17.5. The summed E-state index contributed by atoms with van der Waals surface area (Å²) >= 11 is 0. The van der Waals surface area contributed by atoms with Gasteiger partial charge in [-0.1, -0.05) is 30.3 Å². The first-order valence-electron chi connectivity index (χ1n) is 10.1. The highest BCUT2D eigenvalue weighted by molar-refractivity contribution is 6.05. The van der Waals surface area contributed by atoms with Crippen molar-refractivity contribution in [1.82, 2.24) is 9.97 Å². The van der Waals surface area contributed by atoms with E-state index in [0.717, 1.165) is 28.1 Å². The third-order valence-electron chi connectivity index (χ3n) is 4.74. The number of aryl methyl sites for hydroxylation is 1. The molecule has 0 amide bonds. The molecular formula is C25H23N3O3. The zero-order valence-electron chi connectivity index (χ0n) is 17.5. The van der Waals surface area contributed by atoms with Gasteiger partial charge in [-0.05, 0) is 55.8 Å². The molecule has 4 rings (SSSR count). The molecule has 6 heteroatoms. The first-order valence-corrected chi connectivity index (χ1v) is 10.1. The molecule has 0 atom stereocenters. The highest BCUT2D eigenvalue weighted by Gasteiger charge is 2.17. The number of rotatable bonds is 7. The number of hydrogen-bond acceptors (Lipinski definition) is 6.